The summed E-state index contributed by atoms with van der Waals surface area (Å²) in [6.07, 6.45) is 0.735. The Hall–Kier alpha value is -3.35. The first-order valence-corrected chi connectivity index (χ1v) is 8.58. The van der Waals surface area contributed by atoms with Crippen LogP contribution in [-0.4, -0.2) is 29.2 Å². The summed E-state index contributed by atoms with van der Waals surface area (Å²) in [6, 6.07) is 10.3. The number of aromatic nitrogens is 2. The van der Waals surface area contributed by atoms with E-state index >= 15 is 0 Å². The number of fused-ring (bicyclic) bond motifs is 2. The van der Waals surface area contributed by atoms with E-state index in [1.165, 1.54) is 7.11 Å². The molecule has 2 heterocycles. The quantitative estimate of drug-likeness (QED) is 0.714. The zero-order valence-electron chi connectivity index (χ0n) is 14.9. The largest absolute Gasteiger partial charge is 0.493 e. The Balaban J connectivity index is 1.55. The van der Waals surface area contributed by atoms with Crippen molar-refractivity contribution in [2.24, 2.45) is 0 Å². The Morgan fingerprint density at radius 2 is 2.15 bits per heavy atom. The maximum Gasteiger partial charge on any atom is 0.338 e. The molecule has 27 heavy (non-hydrogen) atoms. The standard InChI is InChI=1S/C20H18N2O5/c1-11-7-12-8-13(9-16(25-2)18(12)27-11)20(24)26-10-17-21-15-6-4-3-5-14(15)19(23)22-17/h3-6,8-9,11H,7,10H2,1-2H3,(H,21,22,23)/t11-/m1/s1. The van der Waals surface area contributed by atoms with Gasteiger partial charge in [0, 0.05) is 12.0 Å². The third kappa shape index (κ3) is 3.23. The van der Waals surface area contributed by atoms with Gasteiger partial charge in [0.2, 0.25) is 0 Å². The molecule has 7 heteroatoms. The molecule has 3 aromatic rings. The van der Waals surface area contributed by atoms with Gasteiger partial charge in [0.1, 0.15) is 18.5 Å². The van der Waals surface area contributed by atoms with E-state index in [2.05, 4.69) is 9.97 Å². The molecule has 4 rings (SSSR count). The second-order valence-corrected chi connectivity index (χ2v) is 6.41. The molecule has 7 nitrogen and oxygen atoms in total. The van der Waals surface area contributed by atoms with Crippen molar-refractivity contribution in [2.75, 3.05) is 7.11 Å². The monoisotopic (exact) mass is 366 g/mol. The van der Waals surface area contributed by atoms with Crippen molar-refractivity contribution in [2.45, 2.75) is 26.1 Å². The average Bonchev–Trinajstić information content (AvgIpc) is 3.05. The number of hydrogen-bond donors (Lipinski definition) is 1. The zero-order valence-corrected chi connectivity index (χ0v) is 14.9. The first-order chi connectivity index (χ1) is 13.0. The van der Waals surface area contributed by atoms with Gasteiger partial charge in [-0.2, -0.15) is 0 Å². The second-order valence-electron chi connectivity index (χ2n) is 6.41. The first-order valence-electron chi connectivity index (χ1n) is 8.58. The summed E-state index contributed by atoms with van der Waals surface area (Å²) in [6.45, 7) is 1.82. The number of hydrogen-bond acceptors (Lipinski definition) is 6. The van der Waals surface area contributed by atoms with Crippen LogP contribution in [0.4, 0.5) is 0 Å². The SMILES string of the molecule is COc1cc(C(=O)OCc2nc3ccccc3c(=O)[nH]2)cc2c1O[C@H](C)C2. The number of methoxy groups -OCH3 is 1. The molecule has 1 N–H and O–H groups in total. The molecule has 138 valence electrons. The van der Waals surface area contributed by atoms with Gasteiger partial charge in [0.05, 0.1) is 23.6 Å². The number of nitrogens with zero attached hydrogens (tertiary/aromatic N) is 1. The van der Waals surface area contributed by atoms with Gasteiger partial charge in [-0.1, -0.05) is 12.1 Å². The van der Waals surface area contributed by atoms with Crippen molar-refractivity contribution in [3.63, 3.8) is 0 Å². The Kier molecular flexibility index (Phi) is 4.27. The van der Waals surface area contributed by atoms with Gasteiger partial charge in [0.25, 0.3) is 5.56 Å². The fourth-order valence-electron chi connectivity index (χ4n) is 3.19. The number of ether oxygens (including phenoxy) is 3. The molecular formula is C20H18N2O5. The zero-order chi connectivity index (χ0) is 19.0. The van der Waals surface area contributed by atoms with E-state index < -0.39 is 5.97 Å². The Morgan fingerprint density at radius 3 is 2.96 bits per heavy atom. The minimum absolute atomic E-state index is 0.0343. The number of para-hydroxylation sites is 1. The van der Waals surface area contributed by atoms with Crippen molar-refractivity contribution in [3.8, 4) is 11.5 Å². The summed E-state index contributed by atoms with van der Waals surface area (Å²) in [5, 5.41) is 0.491. The van der Waals surface area contributed by atoms with Gasteiger partial charge >= 0.3 is 5.97 Å². The fourth-order valence-corrected chi connectivity index (χ4v) is 3.19. The number of esters is 1. The van der Waals surface area contributed by atoms with Crippen molar-refractivity contribution < 1.29 is 19.0 Å². The predicted molar refractivity (Wildman–Crippen MR) is 98.3 cm³/mol. The van der Waals surface area contributed by atoms with Gasteiger partial charge < -0.3 is 19.2 Å². The highest BCUT2D eigenvalue weighted by atomic mass is 16.5. The summed E-state index contributed by atoms with van der Waals surface area (Å²) in [4.78, 5) is 31.5. The fraction of sp³-hybridized carbons (Fsp3) is 0.250. The third-order valence-electron chi connectivity index (χ3n) is 4.42. The second kappa shape index (κ2) is 6.75. The topological polar surface area (TPSA) is 90.5 Å². The van der Waals surface area contributed by atoms with Crippen molar-refractivity contribution in [1.29, 1.82) is 0 Å². The van der Waals surface area contributed by atoms with E-state index in [1.54, 1.807) is 36.4 Å². The van der Waals surface area contributed by atoms with E-state index in [4.69, 9.17) is 14.2 Å². The van der Waals surface area contributed by atoms with Crippen LogP contribution in [0.3, 0.4) is 0 Å². The predicted octanol–water partition coefficient (Wildman–Crippen LogP) is 2.61. The van der Waals surface area contributed by atoms with Crippen LogP contribution < -0.4 is 15.0 Å². The molecule has 0 unspecified atom stereocenters. The highest BCUT2D eigenvalue weighted by molar-refractivity contribution is 5.90. The number of nitrogens with one attached hydrogen (secondary N) is 1. The van der Waals surface area contributed by atoms with Crippen molar-refractivity contribution in [1.82, 2.24) is 9.97 Å². The number of benzene rings is 2. The molecular weight excluding hydrogens is 348 g/mol. The van der Waals surface area contributed by atoms with E-state index in [1.807, 2.05) is 6.92 Å². The minimum Gasteiger partial charge on any atom is -0.493 e. The highest BCUT2D eigenvalue weighted by Crippen LogP contribution is 2.39. The number of carbonyl (C=O) groups is 1. The summed E-state index contributed by atoms with van der Waals surface area (Å²) in [5.41, 5.74) is 1.56. The number of aromatic amines is 1. The third-order valence-corrected chi connectivity index (χ3v) is 4.42. The Labute approximate surface area is 154 Å². The van der Waals surface area contributed by atoms with Crippen LogP contribution >= 0.6 is 0 Å². The average molecular weight is 366 g/mol. The smallest absolute Gasteiger partial charge is 0.338 e. The maximum atomic E-state index is 12.5. The number of H-pyrrole nitrogens is 1. The molecule has 1 aliphatic rings. The molecule has 0 fully saturated rings. The molecule has 0 amide bonds. The van der Waals surface area contributed by atoms with E-state index in [0.29, 0.717) is 34.4 Å². The molecule has 1 aliphatic heterocycles. The number of carbonyl (C=O) groups excluding carboxylic acids is 1. The maximum absolute atomic E-state index is 12.5. The molecule has 1 atom stereocenters. The minimum atomic E-state index is -0.522. The van der Waals surface area contributed by atoms with Crippen molar-refractivity contribution in [3.05, 3.63) is 63.7 Å². The summed E-state index contributed by atoms with van der Waals surface area (Å²) in [7, 11) is 1.53. The van der Waals surface area contributed by atoms with Gasteiger partial charge in [-0.3, -0.25) is 4.79 Å². The molecule has 0 spiro atoms. The molecule has 0 saturated heterocycles. The van der Waals surface area contributed by atoms with Crippen molar-refractivity contribution >= 4 is 16.9 Å². The molecule has 1 aromatic heterocycles. The van der Waals surface area contributed by atoms with Crippen LogP contribution in [-0.2, 0) is 17.8 Å². The van der Waals surface area contributed by atoms with Crippen LogP contribution in [0.1, 0.15) is 28.7 Å². The van der Waals surface area contributed by atoms with Crippen LogP contribution in [0.25, 0.3) is 10.9 Å². The normalized spacial score (nSPS) is 15.3. The highest BCUT2D eigenvalue weighted by Gasteiger charge is 2.25. The molecule has 2 aromatic carbocycles. The van der Waals surface area contributed by atoms with Crippen LogP contribution in [0, 0.1) is 0 Å². The van der Waals surface area contributed by atoms with Gasteiger partial charge in [-0.05, 0) is 31.2 Å². The summed E-state index contributed by atoms with van der Waals surface area (Å²) in [5.74, 6) is 0.937. The van der Waals surface area contributed by atoms with Gasteiger partial charge in [-0.15, -0.1) is 0 Å². The molecule has 0 radical (unpaired) electrons. The summed E-state index contributed by atoms with van der Waals surface area (Å²) < 4.78 is 16.4. The first kappa shape index (κ1) is 17.1. The van der Waals surface area contributed by atoms with Crippen LogP contribution in [0.2, 0.25) is 0 Å². The Morgan fingerprint density at radius 1 is 1.33 bits per heavy atom. The van der Waals surface area contributed by atoms with Crippen LogP contribution in [0.15, 0.2) is 41.2 Å². The van der Waals surface area contributed by atoms with Crippen LogP contribution in [0.5, 0.6) is 11.5 Å². The lowest BCUT2D eigenvalue weighted by Gasteiger charge is -2.10. The summed E-state index contributed by atoms with van der Waals surface area (Å²) >= 11 is 0. The lowest BCUT2D eigenvalue weighted by atomic mass is 10.1. The van der Waals surface area contributed by atoms with E-state index in [0.717, 1.165) is 5.56 Å². The number of rotatable bonds is 4. The van der Waals surface area contributed by atoms with E-state index in [9.17, 15) is 9.59 Å². The molecule has 0 bridgehead atoms. The lowest BCUT2D eigenvalue weighted by Crippen LogP contribution is -2.14. The Bertz CT molecular complexity index is 1090. The lowest BCUT2D eigenvalue weighted by molar-refractivity contribution is 0.0462. The van der Waals surface area contributed by atoms with E-state index in [-0.39, 0.29) is 24.1 Å². The van der Waals surface area contributed by atoms with Gasteiger partial charge in [-0.25, -0.2) is 9.78 Å². The molecule has 0 saturated carbocycles. The molecule has 0 aliphatic carbocycles. The van der Waals surface area contributed by atoms with Gasteiger partial charge in [0.15, 0.2) is 11.5 Å².